The summed E-state index contributed by atoms with van der Waals surface area (Å²) in [5.41, 5.74) is 0. The first-order valence-corrected chi connectivity index (χ1v) is 3.03. The minimum atomic E-state index is 0. The normalized spacial score (nSPS) is 11.6. The van der Waals surface area contributed by atoms with Gasteiger partial charge < -0.3 is 5.41 Å². The highest BCUT2D eigenvalue weighted by Gasteiger charge is 1.59. The summed E-state index contributed by atoms with van der Waals surface area (Å²) in [6, 6.07) is 0. The van der Waals surface area contributed by atoms with Crippen LogP contribution in [0.4, 0.5) is 0 Å². The fraction of sp³-hybridized carbons (Fsp3) is 0. The molecule has 52 valence electrons. The maximum Gasteiger partial charge on any atom is 1.00 e. The smallest absolute Gasteiger partial charge is 0.309 e. The van der Waals surface area contributed by atoms with Crippen LogP contribution < -0.4 is 0 Å². The fourth-order valence-electron chi connectivity index (χ4n) is 0.391. The van der Waals surface area contributed by atoms with E-state index in [2.05, 4.69) is 6.58 Å². The zero-order chi connectivity index (χ0) is 7.66. The van der Waals surface area contributed by atoms with E-state index in [1.165, 1.54) is 6.21 Å². The lowest BCUT2D eigenvalue weighted by Gasteiger charge is -1.70. The van der Waals surface area contributed by atoms with Crippen LogP contribution in [0.25, 0.3) is 0 Å². The van der Waals surface area contributed by atoms with Gasteiger partial charge in [0.2, 0.25) is 0 Å². The van der Waals surface area contributed by atoms with E-state index >= 15 is 0 Å². The molecule has 0 heterocycles. The second kappa shape index (κ2) is 7.63. The van der Waals surface area contributed by atoms with E-state index in [1.54, 1.807) is 18.2 Å². The largest absolute Gasteiger partial charge is 1.00 e. The van der Waals surface area contributed by atoms with E-state index in [1.807, 2.05) is 24.3 Å². The molecular formula is C9H12N+. The van der Waals surface area contributed by atoms with E-state index < -0.39 is 0 Å². The van der Waals surface area contributed by atoms with Gasteiger partial charge in [-0.3, -0.25) is 0 Å². The third-order valence-electron chi connectivity index (χ3n) is 0.788. The van der Waals surface area contributed by atoms with Crippen LogP contribution in [0.5, 0.6) is 0 Å². The molecule has 1 N–H and O–H groups in total. The molecule has 0 aliphatic rings. The molecule has 0 bridgehead atoms. The molecule has 0 aromatic carbocycles. The topological polar surface area (TPSA) is 23.9 Å². The van der Waals surface area contributed by atoms with Crippen LogP contribution in [-0.4, -0.2) is 6.21 Å². The summed E-state index contributed by atoms with van der Waals surface area (Å²) in [7, 11) is 0. The Hall–Kier alpha value is -1.37. The summed E-state index contributed by atoms with van der Waals surface area (Å²) in [5.74, 6) is 0. The average Bonchev–Trinajstić information content (AvgIpc) is 1.97. The van der Waals surface area contributed by atoms with E-state index in [4.69, 9.17) is 5.41 Å². The Morgan fingerprint density at radius 1 is 0.900 bits per heavy atom. The van der Waals surface area contributed by atoms with Gasteiger partial charge in [0.25, 0.3) is 0 Å². The Kier molecular flexibility index (Phi) is 6.58. The molecule has 10 heavy (non-hydrogen) atoms. The van der Waals surface area contributed by atoms with Gasteiger partial charge in [-0.2, -0.15) is 0 Å². The van der Waals surface area contributed by atoms with Gasteiger partial charge in [-0.05, 0) is 6.08 Å². The van der Waals surface area contributed by atoms with Gasteiger partial charge in [-0.1, -0.05) is 43.0 Å². The van der Waals surface area contributed by atoms with Crippen LogP contribution in [0.3, 0.4) is 0 Å². The van der Waals surface area contributed by atoms with Crippen LogP contribution in [-0.2, 0) is 0 Å². The molecule has 0 atom stereocenters. The molecule has 1 nitrogen and oxygen atoms in total. The quantitative estimate of drug-likeness (QED) is 0.451. The molecule has 0 spiro atoms. The fourth-order valence-corrected chi connectivity index (χ4v) is 0.391. The number of rotatable bonds is 4. The second-order valence-electron chi connectivity index (χ2n) is 1.56. The summed E-state index contributed by atoms with van der Waals surface area (Å²) < 4.78 is 0. The standard InChI is InChI=1S/C9H11N/c1-2-3-4-5-6-7-8-9-10/h2-10H,1H2/p+1/b4-3+,6-5-,8-7+,10-9?. The van der Waals surface area contributed by atoms with Crippen molar-refractivity contribution < 1.29 is 1.43 Å². The monoisotopic (exact) mass is 134 g/mol. The van der Waals surface area contributed by atoms with Crippen LogP contribution in [0.15, 0.2) is 49.1 Å². The molecule has 0 saturated heterocycles. The zero-order valence-corrected chi connectivity index (χ0v) is 5.83. The van der Waals surface area contributed by atoms with Crippen LogP contribution in [0, 0.1) is 5.41 Å². The summed E-state index contributed by atoms with van der Waals surface area (Å²) in [6.07, 6.45) is 13.8. The molecule has 0 fully saturated rings. The molecule has 0 aromatic heterocycles. The van der Waals surface area contributed by atoms with Crippen molar-refractivity contribution in [3.05, 3.63) is 49.1 Å². The van der Waals surface area contributed by atoms with E-state index in [9.17, 15) is 0 Å². The molecule has 0 aromatic rings. The van der Waals surface area contributed by atoms with Crippen molar-refractivity contribution in [3.8, 4) is 0 Å². The van der Waals surface area contributed by atoms with Gasteiger partial charge in [0.15, 0.2) is 0 Å². The number of allylic oxidation sites excluding steroid dienone is 7. The predicted molar refractivity (Wildman–Crippen MR) is 47.5 cm³/mol. The Morgan fingerprint density at radius 2 is 1.40 bits per heavy atom. The van der Waals surface area contributed by atoms with Gasteiger partial charge >= 0.3 is 1.43 Å². The highest BCUT2D eigenvalue weighted by Crippen LogP contribution is 1.78. The second-order valence-corrected chi connectivity index (χ2v) is 1.56. The summed E-state index contributed by atoms with van der Waals surface area (Å²) >= 11 is 0. The van der Waals surface area contributed by atoms with Crippen molar-refractivity contribution in [1.29, 1.82) is 5.41 Å². The molecule has 0 aliphatic heterocycles. The molecule has 1 heteroatoms. The van der Waals surface area contributed by atoms with Crippen molar-refractivity contribution >= 4 is 6.21 Å². The molecule has 0 amide bonds. The Bertz CT molecular complexity index is 158. The zero-order valence-electron chi connectivity index (χ0n) is 6.83. The Morgan fingerprint density at radius 3 is 1.90 bits per heavy atom. The number of hydrogen-bond acceptors (Lipinski definition) is 1. The lowest BCUT2D eigenvalue weighted by Crippen LogP contribution is -1.54. The van der Waals surface area contributed by atoms with Gasteiger partial charge in [-0.15, -0.1) is 0 Å². The maximum absolute atomic E-state index is 6.64. The predicted octanol–water partition coefficient (Wildman–Crippen LogP) is 2.60. The van der Waals surface area contributed by atoms with Crippen molar-refractivity contribution in [1.82, 2.24) is 0 Å². The van der Waals surface area contributed by atoms with Crippen molar-refractivity contribution in [2.45, 2.75) is 0 Å². The van der Waals surface area contributed by atoms with E-state index in [-0.39, 0.29) is 1.43 Å². The average molecular weight is 134 g/mol. The SMILES string of the molecule is C=C/C=C/C=C\C=C\C=N.[H+]. The van der Waals surface area contributed by atoms with Crippen LogP contribution in [0.1, 0.15) is 1.43 Å². The Balaban J connectivity index is 0. The number of nitrogens with one attached hydrogen (secondary N) is 1. The third-order valence-corrected chi connectivity index (χ3v) is 0.788. The van der Waals surface area contributed by atoms with Gasteiger partial charge in [0, 0.05) is 6.21 Å². The van der Waals surface area contributed by atoms with Gasteiger partial charge in [0.1, 0.15) is 0 Å². The molecule has 0 aliphatic carbocycles. The molecule has 0 saturated carbocycles. The first kappa shape index (κ1) is 8.63. The number of hydrogen-bond donors (Lipinski definition) is 1. The van der Waals surface area contributed by atoms with Crippen LogP contribution in [0.2, 0.25) is 0 Å². The summed E-state index contributed by atoms with van der Waals surface area (Å²) in [6.45, 7) is 3.52. The maximum atomic E-state index is 6.64. The Labute approximate surface area is 63.1 Å². The third kappa shape index (κ3) is 6.63. The van der Waals surface area contributed by atoms with Crippen molar-refractivity contribution in [2.75, 3.05) is 0 Å². The van der Waals surface area contributed by atoms with Crippen LogP contribution >= 0.6 is 0 Å². The molecule has 0 radical (unpaired) electrons. The molecule has 0 rings (SSSR count). The molecular weight excluding hydrogens is 122 g/mol. The molecule has 0 unspecified atom stereocenters. The van der Waals surface area contributed by atoms with Crippen molar-refractivity contribution in [2.24, 2.45) is 0 Å². The summed E-state index contributed by atoms with van der Waals surface area (Å²) in [5, 5.41) is 6.64. The highest BCUT2D eigenvalue weighted by atomic mass is 14.3. The van der Waals surface area contributed by atoms with Gasteiger partial charge in [-0.25, -0.2) is 0 Å². The van der Waals surface area contributed by atoms with E-state index in [0.717, 1.165) is 0 Å². The first-order valence-electron chi connectivity index (χ1n) is 3.03. The van der Waals surface area contributed by atoms with Gasteiger partial charge in [0.05, 0.1) is 0 Å². The van der Waals surface area contributed by atoms with E-state index in [0.29, 0.717) is 0 Å². The van der Waals surface area contributed by atoms with Crippen molar-refractivity contribution in [3.63, 3.8) is 0 Å². The lowest BCUT2D eigenvalue weighted by molar-refractivity contribution is 1.58. The lowest BCUT2D eigenvalue weighted by atomic mass is 10.4. The summed E-state index contributed by atoms with van der Waals surface area (Å²) in [4.78, 5) is 0. The minimum absolute atomic E-state index is 0. The first-order chi connectivity index (χ1) is 4.91. The minimum Gasteiger partial charge on any atom is -0.309 e. The highest BCUT2D eigenvalue weighted by molar-refractivity contribution is 5.68.